The maximum Gasteiger partial charge on any atom is 0.320 e. The van der Waals surface area contributed by atoms with Gasteiger partial charge in [-0.15, -0.1) is 0 Å². The van der Waals surface area contributed by atoms with Crippen LogP contribution in [0.2, 0.25) is 0 Å². The maximum atomic E-state index is 13.8. The summed E-state index contributed by atoms with van der Waals surface area (Å²) in [5, 5.41) is 0. The van der Waals surface area contributed by atoms with E-state index in [-0.39, 0.29) is 17.7 Å². The number of hydrogen-bond donors (Lipinski definition) is 1. The Hall–Kier alpha value is -1.47. The quantitative estimate of drug-likeness (QED) is 0.785. The standard InChI is InChI=1S/C11H14FNO4S/c1-17-10(14)7-18(15,16)6-9-4-2-3-8(5-13)11(9)12/h2-4H,5-7,13H2,1H3. The van der Waals surface area contributed by atoms with E-state index < -0.39 is 33.1 Å². The molecule has 0 amide bonds. The van der Waals surface area contributed by atoms with E-state index in [4.69, 9.17) is 5.73 Å². The topological polar surface area (TPSA) is 86.5 Å². The predicted molar refractivity (Wildman–Crippen MR) is 63.8 cm³/mol. The third-order valence-corrected chi connectivity index (χ3v) is 3.75. The lowest BCUT2D eigenvalue weighted by Gasteiger charge is -2.07. The number of halogens is 1. The number of sulfone groups is 1. The molecule has 1 aromatic rings. The molecule has 7 heteroatoms. The molecule has 1 rings (SSSR count). The van der Waals surface area contributed by atoms with Crippen molar-refractivity contribution >= 4 is 15.8 Å². The lowest BCUT2D eigenvalue weighted by molar-refractivity contribution is -0.137. The zero-order valence-electron chi connectivity index (χ0n) is 9.85. The molecule has 18 heavy (non-hydrogen) atoms. The summed E-state index contributed by atoms with van der Waals surface area (Å²) >= 11 is 0. The summed E-state index contributed by atoms with van der Waals surface area (Å²) in [4.78, 5) is 10.9. The molecule has 100 valence electrons. The van der Waals surface area contributed by atoms with Gasteiger partial charge in [0.15, 0.2) is 9.84 Å². The van der Waals surface area contributed by atoms with Crippen LogP contribution in [0.3, 0.4) is 0 Å². The number of rotatable bonds is 5. The van der Waals surface area contributed by atoms with E-state index in [1.54, 1.807) is 0 Å². The number of methoxy groups -OCH3 is 1. The molecule has 0 heterocycles. The molecule has 1 aromatic carbocycles. The zero-order chi connectivity index (χ0) is 13.8. The highest BCUT2D eigenvalue weighted by atomic mass is 32.2. The van der Waals surface area contributed by atoms with Crippen molar-refractivity contribution in [2.24, 2.45) is 5.73 Å². The van der Waals surface area contributed by atoms with Crippen molar-refractivity contribution in [3.05, 3.63) is 35.1 Å². The molecule has 0 saturated heterocycles. The summed E-state index contributed by atoms with van der Waals surface area (Å²) in [6.45, 7) is -0.0171. The normalized spacial score (nSPS) is 11.3. The van der Waals surface area contributed by atoms with Gasteiger partial charge >= 0.3 is 5.97 Å². The van der Waals surface area contributed by atoms with Crippen molar-refractivity contribution in [1.29, 1.82) is 0 Å². The van der Waals surface area contributed by atoms with Crippen LogP contribution in [0.15, 0.2) is 18.2 Å². The van der Waals surface area contributed by atoms with Crippen LogP contribution in [0.5, 0.6) is 0 Å². The van der Waals surface area contributed by atoms with Crippen LogP contribution in [-0.4, -0.2) is 27.2 Å². The number of benzene rings is 1. The largest absolute Gasteiger partial charge is 0.468 e. The van der Waals surface area contributed by atoms with Crippen molar-refractivity contribution in [2.75, 3.05) is 12.9 Å². The van der Waals surface area contributed by atoms with Crippen molar-refractivity contribution in [1.82, 2.24) is 0 Å². The fraction of sp³-hybridized carbons (Fsp3) is 0.364. The SMILES string of the molecule is COC(=O)CS(=O)(=O)Cc1cccc(CN)c1F. The molecule has 0 spiro atoms. The molecule has 5 nitrogen and oxygen atoms in total. The number of ether oxygens (including phenoxy) is 1. The first kappa shape index (κ1) is 14.6. The molecule has 0 radical (unpaired) electrons. The molecule has 2 N–H and O–H groups in total. The monoisotopic (exact) mass is 275 g/mol. The van der Waals surface area contributed by atoms with Gasteiger partial charge in [-0.2, -0.15) is 0 Å². The lowest BCUT2D eigenvalue weighted by atomic mass is 10.1. The Morgan fingerprint density at radius 1 is 1.39 bits per heavy atom. The molecular formula is C11H14FNO4S. The molecule has 0 aliphatic carbocycles. The summed E-state index contributed by atoms with van der Waals surface area (Å²) < 4.78 is 41.3. The van der Waals surface area contributed by atoms with Gasteiger partial charge in [0.25, 0.3) is 0 Å². The average Bonchev–Trinajstić information content (AvgIpc) is 2.31. The first-order chi connectivity index (χ1) is 8.39. The summed E-state index contributed by atoms with van der Waals surface area (Å²) in [6.07, 6.45) is 0. The van der Waals surface area contributed by atoms with Crippen LogP contribution in [0.4, 0.5) is 4.39 Å². The third-order valence-electron chi connectivity index (χ3n) is 2.32. The summed E-state index contributed by atoms with van der Waals surface area (Å²) in [5.74, 6) is -2.84. The lowest BCUT2D eigenvalue weighted by Crippen LogP contribution is -2.19. The van der Waals surface area contributed by atoms with Crippen LogP contribution in [0.25, 0.3) is 0 Å². The van der Waals surface area contributed by atoms with Gasteiger partial charge in [0.2, 0.25) is 0 Å². The highest BCUT2D eigenvalue weighted by Gasteiger charge is 2.20. The molecular weight excluding hydrogens is 261 g/mol. The Labute approximate surface area is 105 Å². The molecule has 0 aliphatic heterocycles. The molecule has 0 bridgehead atoms. The van der Waals surface area contributed by atoms with Crippen LogP contribution in [-0.2, 0) is 31.7 Å². The highest BCUT2D eigenvalue weighted by molar-refractivity contribution is 7.91. The Bertz CT molecular complexity index is 542. The minimum atomic E-state index is -3.75. The van der Waals surface area contributed by atoms with Crippen molar-refractivity contribution in [3.8, 4) is 0 Å². The van der Waals surface area contributed by atoms with Crippen LogP contribution in [0, 0.1) is 5.82 Å². The van der Waals surface area contributed by atoms with Gasteiger partial charge in [0.1, 0.15) is 11.6 Å². The second kappa shape index (κ2) is 5.92. The number of carbonyl (C=O) groups is 1. The average molecular weight is 275 g/mol. The van der Waals surface area contributed by atoms with Crippen molar-refractivity contribution in [3.63, 3.8) is 0 Å². The van der Waals surface area contributed by atoms with Gasteiger partial charge < -0.3 is 10.5 Å². The Morgan fingerprint density at radius 2 is 2.00 bits per heavy atom. The Balaban J connectivity index is 2.94. The van der Waals surface area contributed by atoms with Crippen molar-refractivity contribution < 1.29 is 22.3 Å². The van der Waals surface area contributed by atoms with E-state index in [0.717, 1.165) is 7.11 Å². The van der Waals surface area contributed by atoms with E-state index >= 15 is 0 Å². The smallest absolute Gasteiger partial charge is 0.320 e. The Morgan fingerprint density at radius 3 is 2.56 bits per heavy atom. The molecule has 0 aliphatic rings. The van der Waals surface area contributed by atoms with Gasteiger partial charge in [0, 0.05) is 17.7 Å². The minimum Gasteiger partial charge on any atom is -0.468 e. The highest BCUT2D eigenvalue weighted by Crippen LogP contribution is 2.15. The number of nitrogens with two attached hydrogens (primary N) is 1. The first-order valence-corrected chi connectivity index (χ1v) is 6.95. The first-order valence-electron chi connectivity index (χ1n) is 5.13. The Kier molecular flexibility index (Phi) is 4.80. The van der Waals surface area contributed by atoms with Gasteiger partial charge in [-0.1, -0.05) is 18.2 Å². The number of hydrogen-bond acceptors (Lipinski definition) is 5. The summed E-state index contributed by atoms with van der Waals surface area (Å²) in [7, 11) is -2.66. The van der Waals surface area contributed by atoms with E-state index in [9.17, 15) is 17.6 Å². The van der Waals surface area contributed by atoms with Gasteiger partial charge in [-0.05, 0) is 0 Å². The maximum absolute atomic E-state index is 13.8. The van der Waals surface area contributed by atoms with Crippen LogP contribution >= 0.6 is 0 Å². The van der Waals surface area contributed by atoms with E-state index in [1.807, 2.05) is 0 Å². The van der Waals surface area contributed by atoms with E-state index in [2.05, 4.69) is 4.74 Å². The predicted octanol–water partition coefficient (Wildman–Crippen LogP) is 0.372. The van der Waals surface area contributed by atoms with Gasteiger partial charge in [0.05, 0.1) is 12.9 Å². The van der Waals surface area contributed by atoms with Gasteiger partial charge in [-0.25, -0.2) is 12.8 Å². The second-order valence-corrected chi connectivity index (χ2v) is 5.77. The summed E-state index contributed by atoms with van der Waals surface area (Å²) in [5.41, 5.74) is 5.56. The minimum absolute atomic E-state index is 0.00172. The molecule has 0 atom stereocenters. The molecule has 0 unspecified atom stereocenters. The summed E-state index contributed by atoms with van der Waals surface area (Å²) in [6, 6.07) is 4.35. The van der Waals surface area contributed by atoms with Crippen molar-refractivity contribution in [2.45, 2.75) is 12.3 Å². The molecule has 0 saturated carbocycles. The fourth-order valence-electron chi connectivity index (χ4n) is 1.43. The third kappa shape index (κ3) is 3.78. The van der Waals surface area contributed by atoms with Crippen LogP contribution in [0.1, 0.15) is 11.1 Å². The number of esters is 1. The van der Waals surface area contributed by atoms with E-state index in [1.165, 1.54) is 18.2 Å². The number of carbonyl (C=O) groups excluding carboxylic acids is 1. The molecule has 0 fully saturated rings. The van der Waals surface area contributed by atoms with Gasteiger partial charge in [-0.3, -0.25) is 4.79 Å². The molecule has 0 aromatic heterocycles. The van der Waals surface area contributed by atoms with Crippen LogP contribution < -0.4 is 5.73 Å². The second-order valence-electron chi connectivity index (χ2n) is 3.70. The fourth-order valence-corrected chi connectivity index (χ4v) is 2.70. The zero-order valence-corrected chi connectivity index (χ0v) is 10.7. The van der Waals surface area contributed by atoms with E-state index in [0.29, 0.717) is 0 Å².